The summed E-state index contributed by atoms with van der Waals surface area (Å²) >= 11 is 6.49. The molecule has 0 aromatic carbocycles. The predicted molar refractivity (Wildman–Crippen MR) is 103 cm³/mol. The zero-order chi connectivity index (χ0) is 20.2. The summed E-state index contributed by atoms with van der Waals surface area (Å²) in [5.74, 6) is -1.15. The maximum Gasteiger partial charge on any atom is 0.350 e. The molecular weight excluding hydrogens is 512 g/mol. The number of hydrogen-bond donors (Lipinski definition) is 6. The molecule has 0 aliphatic carbocycles. The van der Waals surface area contributed by atoms with Gasteiger partial charge in [-0.3, -0.25) is 15.5 Å². The highest BCUT2D eigenvalue weighted by Crippen LogP contribution is 2.22. The lowest BCUT2D eigenvalue weighted by molar-refractivity contribution is -0.564. The summed E-state index contributed by atoms with van der Waals surface area (Å²) in [5, 5.41) is 15.7. The predicted octanol–water partition coefficient (Wildman–Crippen LogP) is -2.54. The van der Waals surface area contributed by atoms with Crippen LogP contribution in [0, 0.1) is 0 Å². The van der Waals surface area contributed by atoms with E-state index < -0.39 is 21.6 Å². The molecule has 14 heteroatoms. The fraction of sp³-hybridized carbons (Fsp3) is 0.308. The van der Waals surface area contributed by atoms with E-state index >= 15 is 0 Å². The first-order valence-corrected chi connectivity index (χ1v) is 10.5. The third kappa shape index (κ3) is 6.14. The van der Waals surface area contributed by atoms with E-state index in [1.807, 2.05) is 0 Å². The molecule has 1 aromatic rings. The van der Waals surface area contributed by atoms with Crippen molar-refractivity contribution < 1.29 is 27.9 Å². The number of guanidine groups is 1. The molecule has 1 aliphatic heterocycles. The van der Waals surface area contributed by atoms with E-state index in [-0.39, 0.29) is 30.8 Å². The zero-order valence-electron chi connectivity index (χ0n) is 13.6. The van der Waals surface area contributed by atoms with Crippen LogP contribution >= 0.6 is 31.9 Å². The summed E-state index contributed by atoms with van der Waals surface area (Å²) in [6.45, 7) is -0.258. The summed E-state index contributed by atoms with van der Waals surface area (Å²) in [7, 11) is -4.42. The van der Waals surface area contributed by atoms with E-state index in [0.29, 0.717) is 14.8 Å². The van der Waals surface area contributed by atoms with Gasteiger partial charge in [0.1, 0.15) is 5.69 Å². The number of hydrogen-bond acceptors (Lipinski definition) is 7. The number of nitrogens with two attached hydrogens (primary N) is 1. The Bertz CT molecular complexity index is 906. The lowest BCUT2D eigenvalue weighted by atomic mass is 10.2. The van der Waals surface area contributed by atoms with Crippen LogP contribution in [0.3, 0.4) is 0 Å². The number of nitrogens with zero attached hydrogens (tertiary/aromatic N) is 1. The molecule has 11 nitrogen and oxygen atoms in total. The number of aliphatic hydroxyl groups is 1. The van der Waals surface area contributed by atoms with Gasteiger partial charge < -0.3 is 20.0 Å². The summed E-state index contributed by atoms with van der Waals surface area (Å²) in [6, 6.07) is 1.60. The molecule has 0 saturated heterocycles. The van der Waals surface area contributed by atoms with Gasteiger partial charge in [0.15, 0.2) is 0 Å². The normalized spacial score (nSPS) is 21.5. The first-order chi connectivity index (χ1) is 12.5. The maximum absolute atomic E-state index is 12.0. The Morgan fingerprint density at radius 3 is 2.81 bits per heavy atom. The second-order valence-electron chi connectivity index (χ2n) is 5.38. The Morgan fingerprint density at radius 1 is 1.52 bits per heavy atom. The lowest BCUT2D eigenvalue weighted by Gasteiger charge is -2.12. The largest absolute Gasteiger partial charge is 0.748 e. The van der Waals surface area contributed by atoms with Gasteiger partial charge >= 0.3 is 5.96 Å². The standard InChI is InChI=1S/C13H16Br2N6O5S/c14-7-6-8(19-9(7)15)10(22)17-3-1-2-13(23)11(20-12(16)21-13)18-4-5-27(24,25)26/h1-2,6,19,23H,3-5H2,(H,17,22)(H,24,25,26)(H3,16,18,20,21)/b2-1+. The number of amides is 1. The second-order valence-corrected chi connectivity index (χ2v) is 8.55. The fourth-order valence-corrected chi connectivity index (χ4v) is 3.04. The van der Waals surface area contributed by atoms with Crippen molar-refractivity contribution in [2.45, 2.75) is 5.72 Å². The molecule has 2 rings (SSSR count). The molecule has 0 fully saturated rings. The number of carbonyl (C=O) groups excluding carboxylic acids is 1. The molecule has 2 heterocycles. The minimum Gasteiger partial charge on any atom is -0.748 e. The van der Waals surface area contributed by atoms with Crippen molar-refractivity contribution in [1.29, 1.82) is 0 Å². The Labute approximate surface area is 171 Å². The Balaban J connectivity index is 1.98. The smallest absolute Gasteiger partial charge is 0.350 e. The van der Waals surface area contributed by atoms with E-state index in [0.717, 1.165) is 0 Å². The molecule has 7 N–H and O–H groups in total. The van der Waals surface area contributed by atoms with Crippen LogP contribution in [0.25, 0.3) is 0 Å². The van der Waals surface area contributed by atoms with Crippen LogP contribution in [-0.4, -0.2) is 65.3 Å². The highest BCUT2D eigenvalue weighted by atomic mass is 79.9. The first kappa shape index (κ1) is 21.6. The average molecular weight is 528 g/mol. The summed E-state index contributed by atoms with van der Waals surface area (Å²) in [4.78, 5) is 21.2. The molecule has 1 amide bonds. The lowest BCUT2D eigenvalue weighted by Crippen LogP contribution is -2.86. The van der Waals surface area contributed by atoms with Crippen LogP contribution in [0.2, 0.25) is 0 Å². The number of amidine groups is 1. The molecule has 0 bridgehead atoms. The number of aromatic amines is 1. The van der Waals surface area contributed by atoms with Crippen molar-refractivity contribution in [3.05, 3.63) is 33.0 Å². The molecule has 0 saturated carbocycles. The van der Waals surface area contributed by atoms with Gasteiger partial charge in [-0.05, 0) is 44.0 Å². The topological polar surface area (TPSA) is 187 Å². The number of aliphatic imine (C=N–C) groups is 1. The molecule has 27 heavy (non-hydrogen) atoms. The number of nitrogens with one attached hydrogen (secondary N) is 4. The minimum absolute atomic E-state index is 0.00370. The van der Waals surface area contributed by atoms with Crippen molar-refractivity contribution in [2.24, 2.45) is 10.7 Å². The Hall–Kier alpha value is -1.74. The average Bonchev–Trinajstić information content (AvgIpc) is 3.02. The van der Waals surface area contributed by atoms with Crippen LogP contribution in [0.15, 0.2) is 32.3 Å². The van der Waals surface area contributed by atoms with Crippen LogP contribution in [0.5, 0.6) is 0 Å². The number of halogens is 2. The van der Waals surface area contributed by atoms with Gasteiger partial charge in [-0.15, -0.1) is 0 Å². The van der Waals surface area contributed by atoms with Gasteiger partial charge in [-0.25, -0.2) is 18.7 Å². The molecule has 148 valence electrons. The minimum atomic E-state index is -4.42. The molecule has 1 atom stereocenters. The first-order valence-electron chi connectivity index (χ1n) is 7.38. The van der Waals surface area contributed by atoms with E-state index in [4.69, 9.17) is 5.73 Å². The van der Waals surface area contributed by atoms with Crippen molar-refractivity contribution in [2.75, 3.05) is 18.8 Å². The molecule has 0 radical (unpaired) electrons. The monoisotopic (exact) mass is 526 g/mol. The van der Waals surface area contributed by atoms with Crippen LogP contribution in [0.4, 0.5) is 0 Å². The molecule has 1 unspecified atom stereocenters. The molecular formula is C13H16Br2N6O5S. The van der Waals surface area contributed by atoms with E-state index in [1.54, 1.807) is 6.07 Å². The van der Waals surface area contributed by atoms with Gasteiger partial charge in [-0.1, -0.05) is 6.08 Å². The van der Waals surface area contributed by atoms with Gasteiger partial charge in [0, 0.05) is 6.54 Å². The van der Waals surface area contributed by atoms with Crippen molar-refractivity contribution in [3.63, 3.8) is 0 Å². The fourth-order valence-electron chi connectivity index (χ4n) is 2.07. The van der Waals surface area contributed by atoms with Crippen molar-refractivity contribution in [1.82, 2.24) is 15.6 Å². The van der Waals surface area contributed by atoms with E-state index in [2.05, 4.69) is 57.5 Å². The zero-order valence-corrected chi connectivity index (χ0v) is 17.6. The van der Waals surface area contributed by atoms with Gasteiger partial charge in [0.05, 0.1) is 31.5 Å². The molecule has 1 aromatic heterocycles. The van der Waals surface area contributed by atoms with Gasteiger partial charge in [0.25, 0.3) is 11.6 Å². The van der Waals surface area contributed by atoms with Crippen molar-refractivity contribution >= 4 is 59.7 Å². The second kappa shape index (κ2) is 8.52. The number of rotatable bonds is 7. The highest BCUT2D eigenvalue weighted by Gasteiger charge is 2.41. The van der Waals surface area contributed by atoms with E-state index in [9.17, 15) is 22.9 Å². The molecule has 1 aliphatic rings. The summed E-state index contributed by atoms with van der Waals surface area (Å²) < 4.78 is 33.2. The number of aromatic nitrogens is 1. The van der Waals surface area contributed by atoms with Crippen molar-refractivity contribution in [3.8, 4) is 0 Å². The van der Waals surface area contributed by atoms with Crippen LogP contribution in [-0.2, 0) is 10.1 Å². The third-order valence-electron chi connectivity index (χ3n) is 3.26. The highest BCUT2D eigenvalue weighted by molar-refractivity contribution is 9.13. The maximum atomic E-state index is 12.0. The summed E-state index contributed by atoms with van der Waals surface area (Å²) in [6.07, 6.45) is 2.74. The SMILES string of the molecule is NC1=[NH+]C(O)(/C=C/CNC(=O)c2cc(Br)c(Br)[nH]2)C(=NCCS(=O)(=O)[O-])N1. The van der Waals surface area contributed by atoms with Crippen LogP contribution < -0.4 is 21.4 Å². The molecule has 0 spiro atoms. The number of H-pyrrole nitrogens is 1. The van der Waals surface area contributed by atoms with Gasteiger partial charge in [-0.2, -0.15) is 0 Å². The third-order valence-corrected chi connectivity index (χ3v) is 5.73. The van der Waals surface area contributed by atoms with Gasteiger partial charge in [0.2, 0.25) is 5.84 Å². The Morgan fingerprint density at radius 2 is 2.22 bits per heavy atom. The summed E-state index contributed by atoms with van der Waals surface area (Å²) in [5.41, 5.74) is 4.07. The Kier molecular flexibility index (Phi) is 6.80. The quantitative estimate of drug-likeness (QED) is 0.166. The number of carbonyl (C=O) groups is 1. The van der Waals surface area contributed by atoms with E-state index in [1.165, 1.54) is 12.2 Å². The van der Waals surface area contributed by atoms with Crippen LogP contribution in [0.1, 0.15) is 10.5 Å².